The molecule has 0 aliphatic heterocycles. The SMILES string of the molecule is Cc1cc(=O)oc2cc(NC(=O)[C@H](CCCCN)NC(=O)[C@H](CC(C)C)NC(=O)[C@@H](NC(=O)OC(C)(C)C)C(C)C)ccc12. The van der Waals surface area contributed by atoms with Crippen LogP contribution in [0, 0.1) is 18.8 Å². The van der Waals surface area contributed by atoms with Gasteiger partial charge < -0.3 is 36.2 Å². The van der Waals surface area contributed by atoms with E-state index >= 15 is 0 Å². The van der Waals surface area contributed by atoms with Gasteiger partial charge in [-0.15, -0.1) is 0 Å². The van der Waals surface area contributed by atoms with Crippen molar-refractivity contribution in [2.24, 2.45) is 17.6 Å². The lowest BCUT2D eigenvalue weighted by Crippen LogP contribution is -2.57. The Morgan fingerprint density at radius 1 is 0.909 bits per heavy atom. The number of carbonyl (C=O) groups excluding carboxylic acids is 4. The van der Waals surface area contributed by atoms with Gasteiger partial charge in [0.25, 0.3) is 0 Å². The minimum absolute atomic E-state index is 0.0302. The molecule has 0 aliphatic carbocycles. The number of nitrogens with two attached hydrogens (primary N) is 1. The fourth-order valence-electron chi connectivity index (χ4n) is 4.60. The monoisotopic (exact) mass is 615 g/mol. The summed E-state index contributed by atoms with van der Waals surface area (Å²) in [5, 5.41) is 11.7. The maximum atomic E-state index is 13.6. The van der Waals surface area contributed by atoms with E-state index in [1.165, 1.54) is 6.07 Å². The van der Waals surface area contributed by atoms with E-state index in [1.54, 1.807) is 59.7 Å². The van der Waals surface area contributed by atoms with E-state index in [1.807, 2.05) is 13.8 Å². The van der Waals surface area contributed by atoms with Crippen LogP contribution in [0.25, 0.3) is 11.0 Å². The maximum Gasteiger partial charge on any atom is 0.408 e. The van der Waals surface area contributed by atoms with E-state index in [4.69, 9.17) is 14.9 Å². The molecular formula is C32H49N5O7. The number of hydrogen-bond acceptors (Lipinski definition) is 8. The van der Waals surface area contributed by atoms with Crippen LogP contribution >= 0.6 is 0 Å². The van der Waals surface area contributed by atoms with Crippen molar-refractivity contribution in [1.82, 2.24) is 16.0 Å². The van der Waals surface area contributed by atoms with Crippen LogP contribution in [0.15, 0.2) is 33.5 Å². The molecule has 0 saturated heterocycles. The predicted octanol–water partition coefficient (Wildman–Crippen LogP) is 3.73. The molecule has 244 valence electrons. The smallest absolute Gasteiger partial charge is 0.408 e. The Balaban J connectivity index is 2.24. The summed E-state index contributed by atoms with van der Waals surface area (Å²) in [7, 11) is 0. The Morgan fingerprint density at radius 2 is 1.57 bits per heavy atom. The first kappa shape index (κ1) is 36.3. The van der Waals surface area contributed by atoms with Crippen molar-refractivity contribution in [3.8, 4) is 0 Å². The minimum Gasteiger partial charge on any atom is -0.444 e. The fourth-order valence-corrected chi connectivity index (χ4v) is 4.60. The van der Waals surface area contributed by atoms with Crippen molar-refractivity contribution in [3.05, 3.63) is 40.2 Å². The molecule has 0 aliphatic rings. The number of alkyl carbamates (subject to hydrolysis) is 1. The van der Waals surface area contributed by atoms with E-state index in [9.17, 15) is 24.0 Å². The third-order valence-electron chi connectivity index (χ3n) is 6.76. The van der Waals surface area contributed by atoms with Crippen molar-refractivity contribution in [1.29, 1.82) is 0 Å². The maximum absolute atomic E-state index is 13.6. The number of fused-ring (bicyclic) bond motifs is 1. The highest BCUT2D eigenvalue weighted by Gasteiger charge is 2.32. The number of amides is 4. The Morgan fingerprint density at radius 3 is 2.16 bits per heavy atom. The van der Waals surface area contributed by atoms with Gasteiger partial charge in [0.2, 0.25) is 17.7 Å². The summed E-state index contributed by atoms with van der Waals surface area (Å²) in [6.07, 6.45) is 1.11. The number of carbonyl (C=O) groups is 4. The predicted molar refractivity (Wildman–Crippen MR) is 170 cm³/mol. The molecule has 2 rings (SSSR count). The van der Waals surface area contributed by atoms with Gasteiger partial charge in [-0.3, -0.25) is 14.4 Å². The van der Waals surface area contributed by atoms with Crippen molar-refractivity contribution in [2.45, 2.75) is 105 Å². The van der Waals surface area contributed by atoms with Crippen LogP contribution in [0.3, 0.4) is 0 Å². The first-order valence-corrected chi connectivity index (χ1v) is 15.2. The Kier molecular flexibility index (Phi) is 13.4. The van der Waals surface area contributed by atoms with Crippen molar-refractivity contribution in [2.75, 3.05) is 11.9 Å². The Hall–Kier alpha value is -3.93. The molecular weight excluding hydrogens is 566 g/mol. The number of ether oxygens (including phenoxy) is 1. The van der Waals surface area contributed by atoms with E-state index in [0.717, 1.165) is 10.9 Å². The van der Waals surface area contributed by atoms with Crippen LogP contribution in [0.2, 0.25) is 0 Å². The lowest BCUT2D eigenvalue weighted by Gasteiger charge is -2.28. The highest BCUT2D eigenvalue weighted by molar-refractivity contribution is 6.00. The number of aryl methyl sites for hydroxylation is 1. The van der Waals surface area contributed by atoms with Crippen LogP contribution in [-0.2, 0) is 19.1 Å². The zero-order chi connectivity index (χ0) is 33.2. The summed E-state index contributed by atoms with van der Waals surface area (Å²) in [5.74, 6) is -1.80. The lowest BCUT2D eigenvalue weighted by molar-refractivity contribution is -0.132. The second kappa shape index (κ2) is 16.2. The molecule has 3 atom stereocenters. The van der Waals surface area contributed by atoms with E-state index in [0.29, 0.717) is 43.5 Å². The second-order valence-corrected chi connectivity index (χ2v) is 12.9. The third-order valence-corrected chi connectivity index (χ3v) is 6.76. The highest BCUT2D eigenvalue weighted by Crippen LogP contribution is 2.21. The Bertz CT molecular complexity index is 1360. The number of unbranched alkanes of at least 4 members (excludes halogenated alkanes) is 1. The molecule has 4 amide bonds. The zero-order valence-corrected chi connectivity index (χ0v) is 27.2. The topological polar surface area (TPSA) is 182 Å². The highest BCUT2D eigenvalue weighted by atomic mass is 16.6. The molecule has 1 heterocycles. The second-order valence-electron chi connectivity index (χ2n) is 12.9. The van der Waals surface area contributed by atoms with Gasteiger partial charge in [0.15, 0.2) is 0 Å². The largest absolute Gasteiger partial charge is 0.444 e. The van der Waals surface area contributed by atoms with E-state index in [-0.39, 0.29) is 11.8 Å². The number of rotatable bonds is 14. The minimum atomic E-state index is -0.966. The number of benzene rings is 1. The van der Waals surface area contributed by atoms with E-state index < -0.39 is 53.2 Å². The summed E-state index contributed by atoms with van der Waals surface area (Å²) < 4.78 is 10.6. The summed E-state index contributed by atoms with van der Waals surface area (Å²) in [5.41, 5.74) is 5.89. The molecule has 1 aromatic carbocycles. The average molecular weight is 616 g/mol. The van der Waals surface area contributed by atoms with Crippen LogP contribution in [-0.4, -0.2) is 54.1 Å². The van der Waals surface area contributed by atoms with Crippen molar-refractivity contribution < 1.29 is 28.3 Å². The molecule has 0 fully saturated rings. The molecule has 0 unspecified atom stereocenters. The molecule has 0 bridgehead atoms. The van der Waals surface area contributed by atoms with Gasteiger partial charge in [-0.2, -0.15) is 0 Å². The first-order chi connectivity index (χ1) is 20.5. The van der Waals surface area contributed by atoms with Crippen LogP contribution < -0.4 is 32.6 Å². The van der Waals surface area contributed by atoms with Gasteiger partial charge in [0, 0.05) is 23.2 Å². The molecule has 0 spiro atoms. The molecule has 12 nitrogen and oxygen atoms in total. The molecule has 0 saturated carbocycles. The summed E-state index contributed by atoms with van der Waals surface area (Å²) >= 11 is 0. The normalized spacial score (nSPS) is 13.7. The average Bonchev–Trinajstić information content (AvgIpc) is 2.89. The van der Waals surface area contributed by atoms with Gasteiger partial charge >= 0.3 is 11.7 Å². The van der Waals surface area contributed by atoms with E-state index in [2.05, 4.69) is 21.3 Å². The lowest BCUT2D eigenvalue weighted by atomic mass is 9.99. The quantitative estimate of drug-likeness (QED) is 0.157. The van der Waals surface area contributed by atoms with Crippen LogP contribution in [0.1, 0.15) is 79.7 Å². The fraction of sp³-hybridized carbons (Fsp3) is 0.594. The summed E-state index contributed by atoms with van der Waals surface area (Å²) in [4.78, 5) is 64.6. The van der Waals surface area contributed by atoms with Crippen molar-refractivity contribution in [3.63, 3.8) is 0 Å². The summed E-state index contributed by atoms with van der Waals surface area (Å²) in [6.45, 7) is 14.8. The molecule has 0 radical (unpaired) electrons. The third kappa shape index (κ3) is 11.6. The molecule has 1 aromatic heterocycles. The van der Waals surface area contributed by atoms with Crippen molar-refractivity contribution >= 4 is 40.5 Å². The first-order valence-electron chi connectivity index (χ1n) is 15.2. The molecule has 12 heteroatoms. The van der Waals surface area contributed by atoms with Gasteiger partial charge in [0.05, 0.1) is 0 Å². The number of nitrogens with one attached hydrogen (secondary N) is 4. The number of anilines is 1. The van der Waals surface area contributed by atoms with Gasteiger partial charge in [0.1, 0.15) is 29.3 Å². The number of hydrogen-bond donors (Lipinski definition) is 5. The van der Waals surface area contributed by atoms with Gasteiger partial charge in [-0.1, -0.05) is 27.7 Å². The van der Waals surface area contributed by atoms with Crippen LogP contribution in [0.5, 0.6) is 0 Å². The molecule has 44 heavy (non-hydrogen) atoms. The Labute approximate surface area is 259 Å². The van der Waals surface area contributed by atoms with Crippen LogP contribution in [0.4, 0.5) is 10.5 Å². The molecule has 6 N–H and O–H groups in total. The standard InChI is InChI=1S/C32H49N5O7/c1-18(2)15-24(36-30(41)27(19(3)4)37-31(42)44-32(6,7)8)29(40)35-23(11-9-10-14-33)28(39)34-21-12-13-22-20(5)16-26(38)43-25(22)17-21/h12-13,16-19,23-24,27H,9-11,14-15,33H2,1-8H3,(H,34,39)(H,35,40)(H,36,41)(H,37,42)/t23-,24-,27-/m0/s1. The summed E-state index contributed by atoms with van der Waals surface area (Å²) in [6, 6.07) is 3.55. The van der Waals surface area contributed by atoms with Gasteiger partial charge in [-0.25, -0.2) is 9.59 Å². The zero-order valence-electron chi connectivity index (χ0n) is 27.2. The van der Waals surface area contributed by atoms with Gasteiger partial charge in [-0.05, 0) is 89.5 Å². The molecule has 2 aromatic rings.